The monoisotopic (exact) mass is 556 g/mol. The van der Waals surface area contributed by atoms with E-state index in [4.69, 9.17) is 4.74 Å². The van der Waals surface area contributed by atoms with Gasteiger partial charge in [0.05, 0.1) is 13.2 Å². The number of anilines is 3. The van der Waals surface area contributed by atoms with Gasteiger partial charge in [-0.05, 0) is 49.4 Å². The van der Waals surface area contributed by atoms with E-state index in [9.17, 15) is 0 Å². The Bertz CT molecular complexity index is 879. The lowest BCUT2D eigenvalue weighted by Crippen LogP contribution is -2.36. The topological polar surface area (TPSA) is 15.7 Å². The first-order valence-electron chi connectivity index (χ1n) is 16.6. The molecule has 0 atom stereocenters. The number of para-hydroxylation sites is 3. The fourth-order valence-corrected chi connectivity index (χ4v) is 5.53. The molecule has 1 aliphatic heterocycles. The molecular formula is C38H56N2O. The molecule has 0 aliphatic carbocycles. The summed E-state index contributed by atoms with van der Waals surface area (Å²) in [5, 5.41) is 0. The average molecular weight is 557 g/mol. The Labute approximate surface area is 251 Å². The zero-order valence-corrected chi connectivity index (χ0v) is 25.9. The molecule has 1 saturated heterocycles. The third-order valence-corrected chi connectivity index (χ3v) is 7.97. The van der Waals surface area contributed by atoms with Crippen LogP contribution < -0.4 is 4.90 Å². The van der Waals surface area contributed by atoms with Crippen LogP contribution >= 0.6 is 0 Å². The quantitative estimate of drug-likeness (QED) is 0.145. The van der Waals surface area contributed by atoms with Crippen LogP contribution in [-0.2, 0) is 4.74 Å². The van der Waals surface area contributed by atoms with Crippen LogP contribution in [-0.4, -0.2) is 37.7 Å². The lowest BCUT2D eigenvalue weighted by Gasteiger charge is -2.26. The highest BCUT2D eigenvalue weighted by molar-refractivity contribution is 5.76. The van der Waals surface area contributed by atoms with Gasteiger partial charge >= 0.3 is 0 Å². The van der Waals surface area contributed by atoms with Gasteiger partial charge in [0.25, 0.3) is 0 Å². The summed E-state index contributed by atoms with van der Waals surface area (Å²) < 4.78 is 5.38. The van der Waals surface area contributed by atoms with E-state index in [0.29, 0.717) is 0 Å². The first-order chi connectivity index (χ1) is 20.4. The maximum absolute atomic E-state index is 5.38. The van der Waals surface area contributed by atoms with Crippen molar-refractivity contribution in [2.24, 2.45) is 0 Å². The third-order valence-electron chi connectivity index (χ3n) is 7.97. The second-order valence-corrected chi connectivity index (χ2v) is 11.4. The van der Waals surface area contributed by atoms with E-state index < -0.39 is 0 Å². The molecule has 0 bridgehead atoms. The standard InChI is InChI=1S/C20H41NO.C18H15N/c1-2-3-4-5-6-7-8-9-10-11-12-13-14-15-16-21-17-19-22-20-18-21;1-4-10-16(11-5-1)19(17-12-6-2-7-13-17)18-14-8-3-9-15-18/h2-20H2,1H3;1-15H. The smallest absolute Gasteiger partial charge is 0.0594 e. The number of nitrogens with zero attached hydrogens (tertiary/aromatic N) is 2. The zero-order valence-electron chi connectivity index (χ0n) is 25.9. The van der Waals surface area contributed by atoms with E-state index in [1.54, 1.807) is 0 Å². The molecular weight excluding hydrogens is 500 g/mol. The summed E-state index contributed by atoms with van der Waals surface area (Å²) in [5.74, 6) is 0. The third kappa shape index (κ3) is 14.2. The molecule has 0 aromatic heterocycles. The molecule has 4 rings (SSSR count). The number of rotatable bonds is 18. The molecule has 3 aromatic carbocycles. The summed E-state index contributed by atoms with van der Waals surface area (Å²) in [7, 11) is 0. The predicted molar refractivity (Wildman–Crippen MR) is 179 cm³/mol. The first-order valence-corrected chi connectivity index (χ1v) is 16.6. The largest absolute Gasteiger partial charge is 0.379 e. The van der Waals surface area contributed by atoms with Gasteiger partial charge in [0.2, 0.25) is 0 Å². The molecule has 0 N–H and O–H groups in total. The van der Waals surface area contributed by atoms with Crippen LogP contribution in [0.3, 0.4) is 0 Å². The fourth-order valence-electron chi connectivity index (χ4n) is 5.53. The molecule has 0 spiro atoms. The Morgan fingerprint density at radius 2 is 0.829 bits per heavy atom. The van der Waals surface area contributed by atoms with Gasteiger partial charge in [-0.1, -0.05) is 145 Å². The van der Waals surface area contributed by atoms with Gasteiger partial charge in [0.15, 0.2) is 0 Å². The van der Waals surface area contributed by atoms with Gasteiger partial charge in [-0.15, -0.1) is 0 Å². The zero-order chi connectivity index (χ0) is 28.6. The Balaban J connectivity index is 0.000000227. The van der Waals surface area contributed by atoms with Crippen molar-refractivity contribution >= 4 is 17.1 Å². The van der Waals surface area contributed by atoms with Crippen molar-refractivity contribution in [2.45, 2.75) is 96.8 Å². The number of unbranched alkanes of at least 4 members (excludes halogenated alkanes) is 13. The van der Waals surface area contributed by atoms with Gasteiger partial charge in [0, 0.05) is 30.2 Å². The molecule has 3 nitrogen and oxygen atoms in total. The summed E-state index contributed by atoms with van der Waals surface area (Å²) in [6.45, 7) is 7.78. The van der Waals surface area contributed by atoms with E-state index in [1.165, 1.54) is 113 Å². The fraction of sp³-hybridized carbons (Fsp3) is 0.526. The molecule has 0 unspecified atom stereocenters. The Morgan fingerprint density at radius 3 is 1.20 bits per heavy atom. The second kappa shape index (κ2) is 22.0. The van der Waals surface area contributed by atoms with Crippen LogP contribution in [0.4, 0.5) is 17.1 Å². The highest BCUT2D eigenvalue weighted by atomic mass is 16.5. The van der Waals surface area contributed by atoms with Crippen molar-refractivity contribution in [1.29, 1.82) is 0 Å². The molecule has 3 heteroatoms. The normalized spacial score (nSPS) is 13.4. The molecule has 0 saturated carbocycles. The van der Waals surface area contributed by atoms with Crippen molar-refractivity contribution in [3.8, 4) is 0 Å². The summed E-state index contributed by atoms with van der Waals surface area (Å²) in [4.78, 5) is 4.81. The van der Waals surface area contributed by atoms with Crippen LogP contribution in [0.5, 0.6) is 0 Å². The van der Waals surface area contributed by atoms with Crippen molar-refractivity contribution < 1.29 is 4.74 Å². The van der Waals surface area contributed by atoms with E-state index in [1.807, 2.05) is 18.2 Å². The molecule has 1 aliphatic rings. The molecule has 0 amide bonds. The van der Waals surface area contributed by atoms with E-state index in [2.05, 4.69) is 89.5 Å². The molecule has 3 aromatic rings. The molecule has 224 valence electrons. The Hall–Kier alpha value is -2.62. The van der Waals surface area contributed by atoms with Crippen molar-refractivity contribution in [2.75, 3.05) is 37.7 Å². The van der Waals surface area contributed by atoms with Crippen molar-refractivity contribution in [1.82, 2.24) is 4.90 Å². The van der Waals surface area contributed by atoms with Crippen LogP contribution in [0.1, 0.15) is 96.8 Å². The van der Waals surface area contributed by atoms with Gasteiger partial charge in [-0.3, -0.25) is 4.90 Å². The highest BCUT2D eigenvalue weighted by Gasteiger charge is 2.10. The minimum absolute atomic E-state index is 0.943. The molecule has 1 fully saturated rings. The predicted octanol–water partition coefficient (Wildman–Crippen LogP) is 11.0. The van der Waals surface area contributed by atoms with Crippen LogP contribution in [0, 0.1) is 0 Å². The lowest BCUT2D eigenvalue weighted by molar-refractivity contribution is 0.0371. The number of morpholine rings is 1. The molecule has 41 heavy (non-hydrogen) atoms. The van der Waals surface area contributed by atoms with Crippen molar-refractivity contribution in [3.05, 3.63) is 91.0 Å². The van der Waals surface area contributed by atoms with Gasteiger partial charge < -0.3 is 9.64 Å². The number of hydrogen-bond donors (Lipinski definition) is 0. The van der Waals surface area contributed by atoms with E-state index in [0.717, 1.165) is 26.3 Å². The van der Waals surface area contributed by atoms with Crippen LogP contribution in [0.2, 0.25) is 0 Å². The number of ether oxygens (including phenoxy) is 1. The highest BCUT2D eigenvalue weighted by Crippen LogP contribution is 2.33. The lowest BCUT2D eigenvalue weighted by atomic mass is 10.0. The minimum atomic E-state index is 0.943. The summed E-state index contributed by atoms with van der Waals surface area (Å²) in [6, 6.07) is 31.3. The summed E-state index contributed by atoms with van der Waals surface area (Å²) in [5.41, 5.74) is 3.50. The van der Waals surface area contributed by atoms with E-state index >= 15 is 0 Å². The maximum Gasteiger partial charge on any atom is 0.0594 e. The van der Waals surface area contributed by atoms with Gasteiger partial charge in [0.1, 0.15) is 0 Å². The minimum Gasteiger partial charge on any atom is -0.379 e. The van der Waals surface area contributed by atoms with Crippen LogP contribution in [0.25, 0.3) is 0 Å². The first kappa shape index (κ1) is 32.9. The summed E-state index contributed by atoms with van der Waals surface area (Å²) >= 11 is 0. The Kier molecular flexibility index (Phi) is 17.7. The van der Waals surface area contributed by atoms with Crippen LogP contribution in [0.15, 0.2) is 91.0 Å². The molecule has 1 heterocycles. The maximum atomic E-state index is 5.38. The average Bonchev–Trinajstić information content (AvgIpc) is 3.04. The van der Waals surface area contributed by atoms with Crippen molar-refractivity contribution in [3.63, 3.8) is 0 Å². The molecule has 0 radical (unpaired) electrons. The second-order valence-electron chi connectivity index (χ2n) is 11.4. The number of hydrogen-bond acceptors (Lipinski definition) is 3. The van der Waals surface area contributed by atoms with Gasteiger partial charge in [-0.2, -0.15) is 0 Å². The van der Waals surface area contributed by atoms with Gasteiger partial charge in [-0.25, -0.2) is 0 Å². The SMILES string of the molecule is CCCCCCCCCCCCCCCCN1CCOCC1.c1ccc(N(c2ccccc2)c2ccccc2)cc1. The number of benzene rings is 3. The summed E-state index contributed by atoms with van der Waals surface area (Å²) in [6.07, 6.45) is 20.3. The Morgan fingerprint density at radius 1 is 0.488 bits per heavy atom. The van der Waals surface area contributed by atoms with E-state index in [-0.39, 0.29) is 0 Å².